The number of likely N-dealkylation sites (tertiary alicyclic amines) is 1. The zero-order valence-corrected chi connectivity index (χ0v) is 13.0. The van der Waals surface area contributed by atoms with Gasteiger partial charge in [0.25, 0.3) is 11.8 Å². The number of ether oxygens (including phenoxy) is 1. The Bertz CT molecular complexity index is 540. The number of carbonyl (C=O) groups is 1. The van der Waals surface area contributed by atoms with Gasteiger partial charge in [-0.05, 0) is 24.3 Å². The third-order valence-electron chi connectivity index (χ3n) is 3.95. The predicted molar refractivity (Wildman–Crippen MR) is 80.7 cm³/mol. The second-order valence-electron chi connectivity index (χ2n) is 5.61. The number of hydrogen-bond acceptors (Lipinski definition) is 4. The van der Waals surface area contributed by atoms with Gasteiger partial charge in [-0.3, -0.25) is 4.79 Å². The number of rotatable bonds is 3. The van der Waals surface area contributed by atoms with E-state index in [0.29, 0.717) is 11.4 Å². The van der Waals surface area contributed by atoms with Gasteiger partial charge in [0, 0.05) is 37.9 Å². The summed E-state index contributed by atoms with van der Waals surface area (Å²) in [6, 6.07) is 3.32. The molecule has 0 spiro atoms. The Morgan fingerprint density at radius 2 is 2.18 bits per heavy atom. The Kier molecular flexibility index (Phi) is 4.52. The molecule has 7 heteroatoms. The molecule has 0 aromatic carbocycles. The molecule has 2 fully saturated rings. The van der Waals surface area contributed by atoms with E-state index in [1.807, 2.05) is 11.8 Å². The third kappa shape index (κ3) is 3.51. The molecule has 2 aliphatic rings. The molecule has 3 heterocycles. The first-order chi connectivity index (χ1) is 10.6. The second kappa shape index (κ2) is 6.40. The lowest BCUT2D eigenvalue weighted by atomic mass is 10.1. The third-order valence-corrected chi connectivity index (χ3v) is 5.08. The van der Waals surface area contributed by atoms with Crippen LogP contribution in [0.1, 0.15) is 29.6 Å². The number of alkyl halides is 2. The van der Waals surface area contributed by atoms with Crippen LogP contribution < -0.4 is 4.74 Å². The van der Waals surface area contributed by atoms with Crippen molar-refractivity contribution in [2.45, 2.75) is 31.3 Å². The molecule has 0 N–H and O–H groups in total. The van der Waals surface area contributed by atoms with Gasteiger partial charge in [0.1, 0.15) is 11.7 Å². The quantitative estimate of drug-likeness (QED) is 0.856. The summed E-state index contributed by atoms with van der Waals surface area (Å²) >= 11 is 1.81. The van der Waals surface area contributed by atoms with Crippen LogP contribution >= 0.6 is 11.8 Å². The van der Waals surface area contributed by atoms with Crippen LogP contribution in [0.4, 0.5) is 8.78 Å². The first kappa shape index (κ1) is 15.5. The van der Waals surface area contributed by atoms with E-state index in [-0.39, 0.29) is 37.9 Å². The lowest BCUT2D eigenvalue weighted by Crippen LogP contribution is -2.42. The molecule has 1 amide bonds. The maximum absolute atomic E-state index is 13.2. The van der Waals surface area contributed by atoms with Crippen molar-refractivity contribution < 1.29 is 18.3 Å². The van der Waals surface area contributed by atoms with E-state index in [4.69, 9.17) is 4.74 Å². The van der Waals surface area contributed by atoms with E-state index < -0.39 is 5.92 Å². The molecule has 120 valence electrons. The SMILES string of the molecule is O=C(c1cccnc1OC1CCSC1)N1CCC(F)(F)CC1. The van der Waals surface area contributed by atoms with Gasteiger partial charge in [-0.2, -0.15) is 11.8 Å². The fraction of sp³-hybridized carbons (Fsp3) is 0.600. The summed E-state index contributed by atoms with van der Waals surface area (Å²) in [5.41, 5.74) is 0.365. The highest BCUT2D eigenvalue weighted by atomic mass is 32.2. The molecule has 2 aliphatic heterocycles. The molecule has 1 aromatic rings. The standard InChI is InChI=1S/C15H18F2N2O2S/c16-15(17)4-7-19(8-5-15)14(20)12-2-1-6-18-13(12)21-11-3-9-22-10-11/h1-2,6,11H,3-5,7-10H2. The van der Waals surface area contributed by atoms with Gasteiger partial charge in [0.15, 0.2) is 0 Å². The summed E-state index contributed by atoms with van der Waals surface area (Å²) in [6.07, 6.45) is 2.02. The summed E-state index contributed by atoms with van der Waals surface area (Å²) in [5, 5.41) is 0. The van der Waals surface area contributed by atoms with Gasteiger partial charge < -0.3 is 9.64 Å². The van der Waals surface area contributed by atoms with Crippen LogP contribution in [0.2, 0.25) is 0 Å². The van der Waals surface area contributed by atoms with E-state index in [1.165, 1.54) is 4.90 Å². The lowest BCUT2D eigenvalue weighted by molar-refractivity contribution is -0.0494. The first-order valence-corrected chi connectivity index (χ1v) is 8.57. The van der Waals surface area contributed by atoms with Gasteiger partial charge >= 0.3 is 0 Å². The predicted octanol–water partition coefficient (Wildman–Crippen LogP) is 2.84. The molecular formula is C15H18F2N2O2S. The van der Waals surface area contributed by atoms with Crippen molar-refractivity contribution in [1.29, 1.82) is 0 Å². The van der Waals surface area contributed by atoms with Gasteiger partial charge in [-0.25, -0.2) is 13.8 Å². The van der Waals surface area contributed by atoms with Crippen molar-refractivity contribution in [2.24, 2.45) is 0 Å². The Balaban J connectivity index is 1.72. The molecule has 0 radical (unpaired) electrons. The fourth-order valence-corrected chi connectivity index (χ4v) is 3.71. The molecule has 1 aromatic heterocycles. The highest BCUT2D eigenvalue weighted by molar-refractivity contribution is 7.99. The Morgan fingerprint density at radius 3 is 2.86 bits per heavy atom. The van der Waals surface area contributed by atoms with Crippen molar-refractivity contribution in [2.75, 3.05) is 24.6 Å². The summed E-state index contributed by atoms with van der Waals surface area (Å²) in [5.74, 6) is -0.685. The summed E-state index contributed by atoms with van der Waals surface area (Å²) in [7, 11) is 0. The number of amides is 1. The van der Waals surface area contributed by atoms with Crippen molar-refractivity contribution in [3.05, 3.63) is 23.9 Å². The number of thioether (sulfide) groups is 1. The number of piperidine rings is 1. The minimum atomic E-state index is -2.66. The van der Waals surface area contributed by atoms with Crippen LogP contribution in [-0.4, -0.2) is 52.4 Å². The molecule has 3 rings (SSSR count). The molecular weight excluding hydrogens is 310 g/mol. The van der Waals surface area contributed by atoms with Gasteiger partial charge in [0.2, 0.25) is 5.88 Å². The number of carbonyl (C=O) groups excluding carboxylic acids is 1. The highest BCUT2D eigenvalue weighted by Gasteiger charge is 2.36. The van der Waals surface area contributed by atoms with Gasteiger partial charge in [-0.1, -0.05) is 0 Å². The topological polar surface area (TPSA) is 42.4 Å². The minimum Gasteiger partial charge on any atom is -0.473 e. The highest BCUT2D eigenvalue weighted by Crippen LogP contribution is 2.30. The molecule has 0 aliphatic carbocycles. The zero-order valence-electron chi connectivity index (χ0n) is 12.1. The monoisotopic (exact) mass is 328 g/mol. The van der Waals surface area contributed by atoms with E-state index in [1.54, 1.807) is 18.3 Å². The van der Waals surface area contributed by atoms with Crippen LogP contribution in [0.25, 0.3) is 0 Å². The molecule has 0 bridgehead atoms. The average Bonchev–Trinajstić information content (AvgIpc) is 3.00. The largest absolute Gasteiger partial charge is 0.473 e. The summed E-state index contributed by atoms with van der Waals surface area (Å²) < 4.78 is 32.3. The lowest BCUT2D eigenvalue weighted by Gasteiger charge is -2.32. The van der Waals surface area contributed by atoms with Crippen molar-refractivity contribution in [1.82, 2.24) is 9.88 Å². The summed E-state index contributed by atoms with van der Waals surface area (Å²) in [6.45, 7) is 0.138. The van der Waals surface area contributed by atoms with Gasteiger partial charge in [0.05, 0.1) is 0 Å². The Morgan fingerprint density at radius 1 is 1.41 bits per heavy atom. The van der Waals surface area contributed by atoms with E-state index in [9.17, 15) is 13.6 Å². The molecule has 0 saturated carbocycles. The number of pyridine rings is 1. The number of aromatic nitrogens is 1. The maximum atomic E-state index is 13.2. The van der Waals surface area contributed by atoms with Gasteiger partial charge in [-0.15, -0.1) is 0 Å². The molecule has 1 atom stereocenters. The van der Waals surface area contributed by atoms with Crippen molar-refractivity contribution >= 4 is 17.7 Å². The van der Waals surface area contributed by atoms with E-state index in [0.717, 1.165) is 17.9 Å². The van der Waals surface area contributed by atoms with Crippen LogP contribution in [0.3, 0.4) is 0 Å². The van der Waals surface area contributed by atoms with Crippen LogP contribution in [-0.2, 0) is 0 Å². The van der Waals surface area contributed by atoms with Crippen LogP contribution in [0.15, 0.2) is 18.3 Å². The maximum Gasteiger partial charge on any atom is 0.259 e. The van der Waals surface area contributed by atoms with Crippen LogP contribution in [0.5, 0.6) is 5.88 Å². The van der Waals surface area contributed by atoms with Crippen LogP contribution in [0, 0.1) is 0 Å². The first-order valence-electron chi connectivity index (χ1n) is 7.42. The Labute approximate surface area is 132 Å². The molecule has 4 nitrogen and oxygen atoms in total. The minimum absolute atomic E-state index is 0.0668. The zero-order chi connectivity index (χ0) is 15.6. The molecule has 22 heavy (non-hydrogen) atoms. The molecule has 2 saturated heterocycles. The van der Waals surface area contributed by atoms with E-state index in [2.05, 4.69) is 4.98 Å². The second-order valence-corrected chi connectivity index (χ2v) is 6.76. The smallest absolute Gasteiger partial charge is 0.259 e. The molecule has 1 unspecified atom stereocenters. The Hall–Kier alpha value is -1.37. The van der Waals surface area contributed by atoms with E-state index >= 15 is 0 Å². The van der Waals surface area contributed by atoms with Crippen molar-refractivity contribution in [3.8, 4) is 5.88 Å². The fourth-order valence-electron chi connectivity index (χ4n) is 2.62. The number of hydrogen-bond donors (Lipinski definition) is 0. The number of halogens is 2. The normalized spacial score (nSPS) is 24.3. The number of nitrogens with zero attached hydrogens (tertiary/aromatic N) is 2. The van der Waals surface area contributed by atoms with Crippen molar-refractivity contribution in [3.63, 3.8) is 0 Å². The average molecular weight is 328 g/mol. The summed E-state index contributed by atoms with van der Waals surface area (Å²) in [4.78, 5) is 18.2.